The predicted octanol–water partition coefficient (Wildman–Crippen LogP) is 3.35. The molecule has 0 radical (unpaired) electrons. The van der Waals surface area contributed by atoms with Gasteiger partial charge in [-0.2, -0.15) is 0 Å². The van der Waals surface area contributed by atoms with E-state index in [0.717, 1.165) is 32.1 Å². The largest absolute Gasteiger partial charge is 0.380 e. The molecule has 0 aliphatic rings. The van der Waals surface area contributed by atoms with Crippen molar-refractivity contribution in [1.82, 2.24) is 10.6 Å². The second-order valence-electron chi connectivity index (χ2n) is 6.32. The van der Waals surface area contributed by atoms with Crippen molar-refractivity contribution >= 4 is 29.9 Å². The monoisotopic (exact) mass is 433 g/mol. The van der Waals surface area contributed by atoms with E-state index in [9.17, 15) is 0 Å². The minimum absolute atomic E-state index is 0. The molecule has 0 atom stereocenters. The van der Waals surface area contributed by atoms with Gasteiger partial charge in [0.1, 0.15) is 0 Å². The highest BCUT2D eigenvalue weighted by molar-refractivity contribution is 14.0. The quantitative estimate of drug-likeness (QED) is 0.300. The van der Waals surface area contributed by atoms with Crippen LogP contribution in [0, 0.1) is 0 Å². The Labute approximate surface area is 158 Å². The van der Waals surface area contributed by atoms with E-state index in [2.05, 4.69) is 60.7 Å². The molecule has 0 saturated heterocycles. The molecule has 0 aromatic heterocycles. The Kier molecular flexibility index (Phi) is 11.3. The van der Waals surface area contributed by atoms with Gasteiger partial charge in [0.2, 0.25) is 0 Å². The molecule has 1 rings (SSSR count). The lowest BCUT2D eigenvalue weighted by atomic mass is 9.86. The van der Waals surface area contributed by atoms with Gasteiger partial charge in [0.05, 0.1) is 6.61 Å². The third kappa shape index (κ3) is 9.15. The van der Waals surface area contributed by atoms with Crippen LogP contribution in [0.4, 0.5) is 0 Å². The Balaban J connectivity index is 0.00000484. The third-order valence-electron chi connectivity index (χ3n) is 3.49. The zero-order valence-corrected chi connectivity index (χ0v) is 17.4. The van der Waals surface area contributed by atoms with Crippen molar-refractivity contribution in [3.8, 4) is 0 Å². The Morgan fingerprint density at radius 3 is 2.22 bits per heavy atom. The van der Waals surface area contributed by atoms with E-state index in [1.165, 1.54) is 11.1 Å². The number of halogens is 1. The van der Waals surface area contributed by atoms with Gasteiger partial charge in [0, 0.05) is 26.7 Å². The summed E-state index contributed by atoms with van der Waals surface area (Å²) in [7, 11) is 1.79. The molecule has 23 heavy (non-hydrogen) atoms. The van der Waals surface area contributed by atoms with E-state index < -0.39 is 0 Å². The van der Waals surface area contributed by atoms with Gasteiger partial charge in [0.15, 0.2) is 5.96 Å². The van der Waals surface area contributed by atoms with Gasteiger partial charge in [-0.25, -0.2) is 0 Å². The number of nitrogens with one attached hydrogen (secondary N) is 2. The van der Waals surface area contributed by atoms with Crippen LogP contribution in [0.3, 0.4) is 0 Å². The number of aliphatic imine (C=N–C) groups is 1. The molecule has 0 fully saturated rings. The highest BCUT2D eigenvalue weighted by atomic mass is 127. The number of rotatable bonds is 7. The molecule has 4 nitrogen and oxygen atoms in total. The second kappa shape index (κ2) is 11.7. The zero-order valence-electron chi connectivity index (χ0n) is 15.1. The Morgan fingerprint density at radius 2 is 1.70 bits per heavy atom. The van der Waals surface area contributed by atoms with Crippen LogP contribution in [0.25, 0.3) is 0 Å². The van der Waals surface area contributed by atoms with Gasteiger partial charge in [-0.1, -0.05) is 45.0 Å². The van der Waals surface area contributed by atoms with E-state index in [1.807, 2.05) is 6.92 Å². The first-order chi connectivity index (χ1) is 10.5. The minimum Gasteiger partial charge on any atom is -0.380 e. The molecular weight excluding hydrogens is 401 g/mol. The highest BCUT2D eigenvalue weighted by Crippen LogP contribution is 2.22. The number of nitrogens with zero attached hydrogens (tertiary/aromatic N) is 1. The van der Waals surface area contributed by atoms with Crippen LogP contribution in [0.2, 0.25) is 0 Å². The van der Waals surface area contributed by atoms with Crippen LogP contribution in [0.1, 0.15) is 38.8 Å². The van der Waals surface area contributed by atoms with Crippen LogP contribution in [0.5, 0.6) is 0 Å². The molecular formula is C18H32IN3O. The van der Waals surface area contributed by atoms with Crippen LogP contribution >= 0.6 is 24.0 Å². The maximum Gasteiger partial charge on any atom is 0.191 e. The van der Waals surface area contributed by atoms with Crippen LogP contribution in [0.15, 0.2) is 29.3 Å². The minimum atomic E-state index is 0. The maximum atomic E-state index is 5.30. The van der Waals surface area contributed by atoms with Crippen LogP contribution < -0.4 is 10.6 Å². The topological polar surface area (TPSA) is 45.6 Å². The zero-order chi connectivity index (χ0) is 16.4. The summed E-state index contributed by atoms with van der Waals surface area (Å²) in [5, 5.41) is 6.56. The first-order valence-corrected chi connectivity index (χ1v) is 8.09. The molecule has 2 N–H and O–H groups in total. The Hall–Kier alpha value is -0.820. The van der Waals surface area contributed by atoms with E-state index in [0.29, 0.717) is 6.61 Å². The summed E-state index contributed by atoms with van der Waals surface area (Å²) < 4.78 is 5.30. The summed E-state index contributed by atoms with van der Waals surface area (Å²) in [6, 6.07) is 8.88. The van der Waals surface area contributed by atoms with Gasteiger partial charge in [-0.15, -0.1) is 24.0 Å². The summed E-state index contributed by atoms with van der Waals surface area (Å²) >= 11 is 0. The SMILES string of the molecule is CCOCCNC(=NC)NCCc1ccc(C(C)(C)C)cc1.I. The first kappa shape index (κ1) is 22.2. The number of guanidine groups is 1. The van der Waals surface area contributed by atoms with Gasteiger partial charge in [0.25, 0.3) is 0 Å². The van der Waals surface area contributed by atoms with Crippen molar-refractivity contribution in [2.45, 2.75) is 39.5 Å². The summed E-state index contributed by atoms with van der Waals surface area (Å²) in [5.74, 6) is 0.825. The third-order valence-corrected chi connectivity index (χ3v) is 3.49. The average molecular weight is 433 g/mol. The molecule has 5 heteroatoms. The van der Waals surface area contributed by atoms with Crippen LogP contribution in [-0.2, 0) is 16.6 Å². The summed E-state index contributed by atoms with van der Waals surface area (Å²) in [5.41, 5.74) is 2.92. The van der Waals surface area contributed by atoms with Crippen molar-refractivity contribution in [2.24, 2.45) is 4.99 Å². The lowest BCUT2D eigenvalue weighted by Crippen LogP contribution is -2.39. The molecule has 132 valence electrons. The number of ether oxygens (including phenoxy) is 1. The molecule has 0 unspecified atom stereocenters. The van der Waals surface area contributed by atoms with Gasteiger partial charge in [-0.3, -0.25) is 4.99 Å². The first-order valence-electron chi connectivity index (χ1n) is 8.09. The van der Waals surface area contributed by atoms with E-state index in [1.54, 1.807) is 7.05 Å². The number of hydrogen-bond acceptors (Lipinski definition) is 2. The van der Waals surface area contributed by atoms with Crippen LogP contribution in [-0.4, -0.2) is 39.3 Å². The highest BCUT2D eigenvalue weighted by Gasteiger charge is 2.12. The standard InChI is InChI=1S/C18H31N3O.HI/c1-6-22-14-13-21-17(19-5)20-12-11-15-7-9-16(10-8-15)18(2,3)4;/h7-10H,6,11-14H2,1-5H3,(H2,19,20,21);1H. The second-order valence-corrected chi connectivity index (χ2v) is 6.32. The average Bonchev–Trinajstić information content (AvgIpc) is 2.49. The number of benzene rings is 1. The van der Waals surface area contributed by atoms with Gasteiger partial charge in [-0.05, 0) is 29.9 Å². The smallest absolute Gasteiger partial charge is 0.191 e. The Bertz CT molecular complexity index is 452. The molecule has 0 saturated carbocycles. The maximum absolute atomic E-state index is 5.30. The fourth-order valence-corrected chi connectivity index (χ4v) is 2.10. The van der Waals surface area contributed by atoms with Crippen molar-refractivity contribution in [3.05, 3.63) is 35.4 Å². The Morgan fingerprint density at radius 1 is 1.09 bits per heavy atom. The summed E-state index contributed by atoms with van der Waals surface area (Å²) in [4.78, 5) is 4.20. The number of hydrogen-bond donors (Lipinski definition) is 2. The molecule has 0 amide bonds. The molecule has 0 heterocycles. The predicted molar refractivity (Wildman–Crippen MR) is 110 cm³/mol. The van der Waals surface area contributed by atoms with E-state index >= 15 is 0 Å². The molecule has 1 aromatic rings. The summed E-state index contributed by atoms with van der Waals surface area (Å²) in [6.07, 6.45) is 0.983. The van der Waals surface area contributed by atoms with Crippen molar-refractivity contribution in [2.75, 3.05) is 33.4 Å². The lowest BCUT2D eigenvalue weighted by molar-refractivity contribution is 0.152. The summed E-state index contributed by atoms with van der Waals surface area (Å²) in [6.45, 7) is 11.8. The van der Waals surface area contributed by atoms with Crippen molar-refractivity contribution in [3.63, 3.8) is 0 Å². The van der Waals surface area contributed by atoms with Gasteiger partial charge >= 0.3 is 0 Å². The van der Waals surface area contributed by atoms with Crippen molar-refractivity contribution < 1.29 is 4.74 Å². The molecule has 0 spiro atoms. The molecule has 1 aromatic carbocycles. The fourth-order valence-electron chi connectivity index (χ4n) is 2.10. The molecule has 0 aliphatic heterocycles. The van der Waals surface area contributed by atoms with Crippen molar-refractivity contribution in [1.29, 1.82) is 0 Å². The van der Waals surface area contributed by atoms with E-state index in [4.69, 9.17) is 4.74 Å². The molecule has 0 aliphatic carbocycles. The fraction of sp³-hybridized carbons (Fsp3) is 0.611. The van der Waals surface area contributed by atoms with E-state index in [-0.39, 0.29) is 29.4 Å². The normalized spacial score (nSPS) is 11.8. The molecule has 0 bridgehead atoms. The lowest BCUT2D eigenvalue weighted by Gasteiger charge is -2.19. The van der Waals surface area contributed by atoms with Gasteiger partial charge < -0.3 is 15.4 Å².